The van der Waals surface area contributed by atoms with Crippen molar-refractivity contribution < 1.29 is 0 Å². The summed E-state index contributed by atoms with van der Waals surface area (Å²) in [4.78, 5) is 5.01. The fraction of sp³-hybridized carbons (Fsp3) is 0.550. The third kappa shape index (κ3) is 3.88. The maximum Gasteiger partial charge on any atom is 0.114 e. The van der Waals surface area contributed by atoms with Crippen molar-refractivity contribution >= 4 is 15.9 Å². The van der Waals surface area contributed by atoms with E-state index >= 15 is 0 Å². The first-order chi connectivity index (χ1) is 10.9. The Hall–Kier alpha value is -1.09. The van der Waals surface area contributed by atoms with E-state index in [1.807, 2.05) is 0 Å². The third-order valence-electron chi connectivity index (χ3n) is 4.78. The van der Waals surface area contributed by atoms with Gasteiger partial charge in [-0.25, -0.2) is 4.98 Å². The molecule has 1 fully saturated rings. The van der Waals surface area contributed by atoms with Crippen LogP contribution in [0.2, 0.25) is 0 Å². The van der Waals surface area contributed by atoms with Gasteiger partial charge in [0.15, 0.2) is 0 Å². The third-order valence-corrected chi connectivity index (χ3v) is 5.47. The number of benzene rings is 1. The number of halogens is 1. The van der Waals surface area contributed by atoms with Crippen LogP contribution in [-0.2, 0) is 12.0 Å². The lowest BCUT2D eigenvalue weighted by molar-refractivity contribution is 0.309. The van der Waals surface area contributed by atoms with Gasteiger partial charge in [-0.15, -0.1) is 0 Å². The molecule has 0 radical (unpaired) electrons. The van der Waals surface area contributed by atoms with Gasteiger partial charge in [0.2, 0.25) is 0 Å². The normalized spacial score (nSPS) is 16.7. The summed E-state index contributed by atoms with van der Waals surface area (Å²) in [6.45, 7) is 7.90. The van der Waals surface area contributed by atoms with Crippen LogP contribution in [-0.4, -0.2) is 9.55 Å². The molecule has 1 saturated carbocycles. The molecule has 1 aromatic heterocycles. The van der Waals surface area contributed by atoms with E-state index in [-0.39, 0.29) is 5.41 Å². The standard InChI is InChI=1S/C20H27BrN2/c1-20(2,3)19-22-18(16-11-7-8-12-17(16)21)14-23(19)13-15-9-5-4-6-10-15/h7-8,11-12,14-15H,4-6,9-10,13H2,1-3H3. The molecule has 0 atom stereocenters. The summed E-state index contributed by atoms with van der Waals surface area (Å²) in [5, 5.41) is 0. The summed E-state index contributed by atoms with van der Waals surface area (Å²) < 4.78 is 3.54. The molecule has 0 amide bonds. The molecule has 1 aliphatic rings. The second-order valence-electron chi connectivity index (χ2n) is 7.84. The van der Waals surface area contributed by atoms with Crippen molar-refractivity contribution in [3.8, 4) is 11.3 Å². The highest BCUT2D eigenvalue weighted by molar-refractivity contribution is 9.10. The second-order valence-corrected chi connectivity index (χ2v) is 8.69. The van der Waals surface area contributed by atoms with E-state index in [9.17, 15) is 0 Å². The van der Waals surface area contributed by atoms with Crippen LogP contribution in [0.25, 0.3) is 11.3 Å². The molecule has 1 heterocycles. The summed E-state index contributed by atoms with van der Waals surface area (Å²) in [7, 11) is 0. The van der Waals surface area contributed by atoms with Gasteiger partial charge in [-0.1, -0.05) is 74.2 Å². The zero-order chi connectivity index (χ0) is 16.4. The summed E-state index contributed by atoms with van der Waals surface area (Å²) in [6, 6.07) is 8.37. The predicted octanol–water partition coefficient (Wildman–Crippen LogP) is 6.19. The van der Waals surface area contributed by atoms with Gasteiger partial charge >= 0.3 is 0 Å². The summed E-state index contributed by atoms with van der Waals surface area (Å²) >= 11 is 3.67. The van der Waals surface area contributed by atoms with Gasteiger partial charge in [-0.05, 0) is 24.8 Å². The van der Waals surface area contributed by atoms with Crippen LogP contribution in [0.15, 0.2) is 34.9 Å². The molecule has 2 nitrogen and oxygen atoms in total. The monoisotopic (exact) mass is 374 g/mol. The number of hydrogen-bond acceptors (Lipinski definition) is 1. The van der Waals surface area contributed by atoms with Crippen molar-refractivity contribution in [2.75, 3.05) is 0 Å². The van der Waals surface area contributed by atoms with E-state index in [1.54, 1.807) is 0 Å². The molecule has 23 heavy (non-hydrogen) atoms. The van der Waals surface area contributed by atoms with Crippen LogP contribution < -0.4 is 0 Å². The van der Waals surface area contributed by atoms with Crippen LogP contribution in [0.1, 0.15) is 58.7 Å². The molecule has 1 aromatic carbocycles. The van der Waals surface area contributed by atoms with E-state index < -0.39 is 0 Å². The molecule has 0 unspecified atom stereocenters. The first-order valence-corrected chi connectivity index (χ1v) is 9.57. The Morgan fingerprint density at radius 2 is 1.83 bits per heavy atom. The molecular weight excluding hydrogens is 348 g/mol. The number of nitrogens with zero attached hydrogens (tertiary/aromatic N) is 2. The Bertz CT molecular complexity index is 661. The van der Waals surface area contributed by atoms with Crippen molar-refractivity contribution in [2.24, 2.45) is 5.92 Å². The van der Waals surface area contributed by atoms with E-state index in [2.05, 4.69) is 71.7 Å². The molecule has 2 aromatic rings. The van der Waals surface area contributed by atoms with Crippen LogP contribution in [0.4, 0.5) is 0 Å². The van der Waals surface area contributed by atoms with E-state index in [0.29, 0.717) is 0 Å². The maximum absolute atomic E-state index is 5.01. The van der Waals surface area contributed by atoms with Crippen molar-refractivity contribution in [1.82, 2.24) is 9.55 Å². The quantitative estimate of drug-likeness (QED) is 0.625. The van der Waals surface area contributed by atoms with Crippen molar-refractivity contribution in [3.63, 3.8) is 0 Å². The highest BCUT2D eigenvalue weighted by Gasteiger charge is 2.24. The summed E-state index contributed by atoms with van der Waals surface area (Å²) in [5.74, 6) is 2.01. The van der Waals surface area contributed by atoms with Crippen LogP contribution >= 0.6 is 15.9 Å². The first kappa shape index (κ1) is 16.8. The molecular formula is C20H27BrN2. The van der Waals surface area contributed by atoms with E-state index in [0.717, 1.165) is 22.6 Å². The summed E-state index contributed by atoms with van der Waals surface area (Å²) in [6.07, 6.45) is 9.19. The molecule has 0 N–H and O–H groups in total. The molecule has 0 spiro atoms. The molecule has 0 aliphatic heterocycles. The van der Waals surface area contributed by atoms with Gasteiger partial charge in [0, 0.05) is 28.2 Å². The van der Waals surface area contributed by atoms with E-state index in [4.69, 9.17) is 4.98 Å². The zero-order valence-corrected chi connectivity index (χ0v) is 16.1. The maximum atomic E-state index is 5.01. The molecule has 3 rings (SSSR count). The molecule has 1 aliphatic carbocycles. The largest absolute Gasteiger partial charge is 0.334 e. The van der Waals surface area contributed by atoms with Gasteiger partial charge in [0.1, 0.15) is 5.82 Å². The fourth-order valence-electron chi connectivity index (χ4n) is 3.60. The smallest absolute Gasteiger partial charge is 0.114 e. The lowest BCUT2D eigenvalue weighted by Crippen LogP contribution is -2.22. The lowest BCUT2D eigenvalue weighted by Gasteiger charge is -2.25. The Labute approximate surface area is 148 Å². The van der Waals surface area contributed by atoms with Crippen LogP contribution in [0.3, 0.4) is 0 Å². The van der Waals surface area contributed by atoms with Gasteiger partial charge in [-0.2, -0.15) is 0 Å². The zero-order valence-electron chi connectivity index (χ0n) is 14.5. The minimum absolute atomic E-state index is 0.0637. The SMILES string of the molecule is CC(C)(C)c1nc(-c2ccccc2Br)cn1CC1CCCCC1. The number of hydrogen-bond donors (Lipinski definition) is 0. The van der Waals surface area contributed by atoms with Crippen molar-refractivity contribution in [2.45, 2.75) is 64.8 Å². The van der Waals surface area contributed by atoms with Crippen molar-refractivity contribution in [3.05, 3.63) is 40.8 Å². The minimum Gasteiger partial charge on any atom is -0.334 e. The van der Waals surface area contributed by atoms with Gasteiger partial charge < -0.3 is 4.57 Å². The Morgan fingerprint density at radius 3 is 2.48 bits per heavy atom. The Kier molecular flexibility index (Phi) is 4.96. The highest BCUT2D eigenvalue weighted by Crippen LogP contribution is 2.32. The van der Waals surface area contributed by atoms with Gasteiger partial charge in [0.05, 0.1) is 5.69 Å². The second kappa shape index (κ2) is 6.80. The lowest BCUT2D eigenvalue weighted by atomic mass is 9.88. The van der Waals surface area contributed by atoms with Crippen molar-refractivity contribution in [1.29, 1.82) is 0 Å². The number of aromatic nitrogens is 2. The van der Waals surface area contributed by atoms with Crippen LogP contribution in [0, 0.1) is 5.92 Å². The first-order valence-electron chi connectivity index (χ1n) is 8.77. The average Bonchev–Trinajstić information content (AvgIpc) is 2.92. The van der Waals surface area contributed by atoms with Crippen LogP contribution in [0.5, 0.6) is 0 Å². The molecule has 124 valence electrons. The molecule has 3 heteroatoms. The molecule has 0 bridgehead atoms. The number of rotatable bonds is 3. The fourth-order valence-corrected chi connectivity index (χ4v) is 4.09. The Balaban J connectivity index is 1.95. The molecule has 0 saturated heterocycles. The highest BCUT2D eigenvalue weighted by atomic mass is 79.9. The Morgan fingerprint density at radius 1 is 1.13 bits per heavy atom. The van der Waals surface area contributed by atoms with E-state index in [1.165, 1.54) is 43.5 Å². The predicted molar refractivity (Wildman–Crippen MR) is 101 cm³/mol. The topological polar surface area (TPSA) is 17.8 Å². The number of imidazole rings is 1. The van der Waals surface area contributed by atoms with Gasteiger partial charge in [-0.3, -0.25) is 0 Å². The minimum atomic E-state index is 0.0637. The summed E-state index contributed by atoms with van der Waals surface area (Å²) in [5.41, 5.74) is 2.33. The average molecular weight is 375 g/mol. The van der Waals surface area contributed by atoms with Gasteiger partial charge in [0.25, 0.3) is 0 Å².